The number of amides is 1. The largest absolute Gasteiger partial charge is 0.459 e. The molecule has 0 radical (unpaired) electrons. The van der Waals surface area contributed by atoms with Crippen LogP contribution in [-0.4, -0.2) is 208 Å². The van der Waals surface area contributed by atoms with Gasteiger partial charge in [0, 0.05) is 62.9 Å². The smallest absolute Gasteiger partial charge is 0.414 e. The van der Waals surface area contributed by atoms with Crippen molar-refractivity contribution < 1.29 is 76.7 Å². The van der Waals surface area contributed by atoms with Gasteiger partial charge in [0.25, 0.3) is 0 Å². The molecule has 4 aliphatic heterocycles. The number of carbonyl (C=O) groups is 2. The SMILES string of the molecule is CC[C@H]1OC(=O)[C@H](C)[C@@H](O[C@@H]2C[C@@](C)(OC)[C@@H](O)[C@H](C)O2)[C@H](C)[C@@H](O[C@@H]2O[C@H](C)C[C@H](N(C)CCc3cn(C[C@H]4CN(c5cccc(S(N)(=O)=O)c5)C(=O)O4)nn3)[C@H]2O)[C@](C)(O)C[C@@H](C)CN(C)[C@H](C)[C@@H](O)[C@]1(C)O. The number of aromatic nitrogens is 3. The van der Waals surface area contributed by atoms with Gasteiger partial charge < -0.3 is 68.5 Å². The van der Waals surface area contributed by atoms with Crippen molar-refractivity contribution in [3.05, 3.63) is 36.2 Å². The molecule has 75 heavy (non-hydrogen) atoms. The predicted molar refractivity (Wildman–Crippen MR) is 272 cm³/mol. The van der Waals surface area contributed by atoms with Gasteiger partial charge in [0.15, 0.2) is 12.6 Å². The highest BCUT2D eigenvalue weighted by molar-refractivity contribution is 7.89. The fourth-order valence-corrected chi connectivity index (χ4v) is 12.1. The highest BCUT2D eigenvalue weighted by Crippen LogP contribution is 2.40. The minimum absolute atomic E-state index is 0.0747. The first-order valence-electron chi connectivity index (χ1n) is 26.2. The molecule has 19 atom stereocenters. The van der Waals surface area contributed by atoms with Gasteiger partial charge in [-0.2, -0.15) is 0 Å². The Kier molecular flexibility index (Phi) is 19.7. The number of aliphatic hydroxyl groups is 5. The monoisotopic (exact) mass is 1080 g/mol. The summed E-state index contributed by atoms with van der Waals surface area (Å²) in [6.45, 7) is 18.5. The minimum Gasteiger partial charge on any atom is -0.459 e. The molecule has 426 valence electrons. The zero-order valence-electron chi connectivity index (χ0n) is 45.9. The number of sulfonamides is 1. The van der Waals surface area contributed by atoms with Gasteiger partial charge in [-0.3, -0.25) is 9.69 Å². The lowest BCUT2D eigenvalue weighted by Gasteiger charge is -2.49. The molecule has 1 aromatic heterocycles. The van der Waals surface area contributed by atoms with Crippen molar-refractivity contribution in [3.63, 3.8) is 0 Å². The number of carbonyl (C=O) groups excluding carboxylic acids is 2. The summed E-state index contributed by atoms with van der Waals surface area (Å²) >= 11 is 0. The average Bonchev–Trinajstić information content (AvgIpc) is 3.96. The van der Waals surface area contributed by atoms with Crippen LogP contribution in [0.15, 0.2) is 35.4 Å². The average molecular weight is 1080 g/mol. The maximum Gasteiger partial charge on any atom is 0.414 e. The molecule has 4 saturated heterocycles. The maximum absolute atomic E-state index is 14.5. The maximum atomic E-state index is 14.5. The predicted octanol–water partition coefficient (Wildman–Crippen LogP) is 1.78. The fourth-order valence-electron chi connectivity index (χ4n) is 11.5. The molecule has 24 heteroatoms. The lowest BCUT2D eigenvalue weighted by molar-refractivity contribution is -0.318. The van der Waals surface area contributed by atoms with E-state index < -0.39 is 130 Å². The highest BCUT2D eigenvalue weighted by atomic mass is 32.2. The Labute approximate surface area is 441 Å². The lowest BCUT2D eigenvalue weighted by Crippen LogP contribution is -2.61. The molecular formula is C51H85N7O16S. The van der Waals surface area contributed by atoms with Crippen molar-refractivity contribution in [1.82, 2.24) is 24.8 Å². The van der Waals surface area contributed by atoms with Crippen LogP contribution in [0.5, 0.6) is 0 Å². The normalized spacial score (nSPS) is 40.2. The van der Waals surface area contributed by atoms with Gasteiger partial charge in [0.2, 0.25) is 10.0 Å². The number of primary sulfonamides is 1. The van der Waals surface area contributed by atoms with Crippen molar-refractivity contribution in [2.75, 3.05) is 45.7 Å². The minimum atomic E-state index is -3.99. The third-order valence-electron chi connectivity index (χ3n) is 16.1. The Morgan fingerprint density at radius 3 is 2.31 bits per heavy atom. The number of rotatable bonds is 14. The number of nitrogens with two attached hydrogens (primary N) is 1. The number of likely N-dealkylation sites (N-methyl/N-ethyl adjacent to an activating group) is 2. The van der Waals surface area contributed by atoms with Gasteiger partial charge >= 0.3 is 12.1 Å². The first kappa shape index (κ1) is 60.8. The number of ether oxygens (including phenoxy) is 7. The lowest BCUT2D eigenvalue weighted by atomic mass is 9.77. The zero-order valence-corrected chi connectivity index (χ0v) is 46.7. The Morgan fingerprint density at radius 1 is 0.960 bits per heavy atom. The van der Waals surface area contributed by atoms with Crippen molar-refractivity contribution in [3.8, 4) is 0 Å². The molecule has 1 amide bonds. The second-order valence-electron chi connectivity index (χ2n) is 22.5. The first-order chi connectivity index (χ1) is 34.9. The summed E-state index contributed by atoms with van der Waals surface area (Å²) in [7, 11) is 1.19. The molecule has 0 bridgehead atoms. The Bertz CT molecular complexity index is 2350. The summed E-state index contributed by atoms with van der Waals surface area (Å²) in [4.78, 5) is 32.4. The van der Waals surface area contributed by atoms with Crippen LogP contribution in [0.3, 0.4) is 0 Å². The van der Waals surface area contributed by atoms with Crippen LogP contribution in [0.4, 0.5) is 10.5 Å². The number of anilines is 1. The van der Waals surface area contributed by atoms with E-state index in [0.29, 0.717) is 37.3 Å². The number of esters is 1. The molecular weight excluding hydrogens is 999 g/mol. The van der Waals surface area contributed by atoms with E-state index in [4.69, 9.17) is 38.3 Å². The van der Waals surface area contributed by atoms with Crippen molar-refractivity contribution in [2.24, 2.45) is 22.9 Å². The molecule has 23 nitrogen and oxygen atoms in total. The summed E-state index contributed by atoms with van der Waals surface area (Å²) in [5.41, 5.74) is -3.66. The molecule has 0 unspecified atom stereocenters. The molecule has 4 aliphatic rings. The third-order valence-corrected chi connectivity index (χ3v) is 17.1. The van der Waals surface area contributed by atoms with Gasteiger partial charge in [0.1, 0.15) is 36.1 Å². The highest BCUT2D eigenvalue weighted by Gasteiger charge is 2.53. The number of benzene rings is 1. The van der Waals surface area contributed by atoms with Gasteiger partial charge in [0.05, 0.1) is 65.2 Å². The number of cyclic esters (lactones) is 2. The van der Waals surface area contributed by atoms with Crippen molar-refractivity contribution in [2.45, 2.75) is 209 Å². The Hall–Kier alpha value is -3.47. The summed E-state index contributed by atoms with van der Waals surface area (Å²) < 4.78 is 69.2. The van der Waals surface area contributed by atoms with Gasteiger partial charge in [-0.05, 0) is 106 Å². The van der Waals surface area contributed by atoms with E-state index in [0.717, 1.165) is 0 Å². The standard InChI is InChI=1S/C51H85N7O16S/c1-14-39-51(10,65)43(60)32(6)56(12)24-28(2)22-49(8,64)45(30(4)42(31(5)46(62)72-39)73-40-23-50(9,68-13)44(61)33(7)70-40)74-47-41(59)38(20-29(3)69-47)55(11)19-18-34-25-57(54-53-34)26-36-27-58(48(63)71-36)35-16-15-17-37(21-35)75(52,66)67/h15-17,21,25,28-33,36,38-45,47,59-61,64-65H,14,18-20,22-24,26-27H2,1-13H3,(H2,52,66,67)/t28-,29-,30+,31-,32-,33+,36+,38+,39-,40-,41-,42+,43-,44+,45-,47+,49-,50-,51-/m1/s1. The molecule has 2 aromatic rings. The van der Waals surface area contributed by atoms with Crippen LogP contribution in [-0.2, 0) is 60.9 Å². The molecule has 0 aliphatic carbocycles. The van der Waals surface area contributed by atoms with Gasteiger partial charge in [-0.15, -0.1) is 5.10 Å². The van der Waals surface area contributed by atoms with Crippen LogP contribution < -0.4 is 10.0 Å². The Morgan fingerprint density at radius 2 is 1.65 bits per heavy atom. The van der Waals surface area contributed by atoms with E-state index in [1.165, 1.54) is 37.1 Å². The van der Waals surface area contributed by atoms with Gasteiger partial charge in [-0.1, -0.05) is 32.1 Å². The van der Waals surface area contributed by atoms with Crippen LogP contribution in [0.1, 0.15) is 101 Å². The van der Waals surface area contributed by atoms with Crippen molar-refractivity contribution >= 4 is 27.8 Å². The zero-order chi connectivity index (χ0) is 55.7. The van der Waals surface area contributed by atoms with Crippen LogP contribution >= 0.6 is 0 Å². The van der Waals surface area contributed by atoms with E-state index in [1.54, 1.807) is 65.4 Å². The molecule has 1 aromatic carbocycles. The second kappa shape index (κ2) is 24.3. The molecule has 7 N–H and O–H groups in total. The quantitative estimate of drug-likeness (QED) is 0.147. The van der Waals surface area contributed by atoms with E-state index in [9.17, 15) is 43.5 Å². The van der Waals surface area contributed by atoms with Crippen molar-refractivity contribution in [1.29, 1.82) is 0 Å². The van der Waals surface area contributed by atoms with Crippen LogP contribution in [0, 0.1) is 17.8 Å². The van der Waals surface area contributed by atoms with Crippen LogP contribution in [0.2, 0.25) is 0 Å². The number of hydrogen-bond acceptors (Lipinski definition) is 20. The summed E-state index contributed by atoms with van der Waals surface area (Å²) in [5, 5.41) is 73.6. The topological polar surface area (TPSA) is 300 Å². The molecule has 4 fully saturated rings. The Balaban J connectivity index is 1.22. The summed E-state index contributed by atoms with van der Waals surface area (Å²) in [6, 6.07) is 4.65. The van der Waals surface area contributed by atoms with E-state index in [2.05, 4.69) is 10.3 Å². The number of hydrogen-bond donors (Lipinski definition) is 6. The number of methoxy groups -OCH3 is 1. The summed E-state index contributed by atoms with van der Waals surface area (Å²) in [6.07, 6.45) is -8.66. The fraction of sp³-hybridized carbons (Fsp3) is 0.804. The second-order valence-corrected chi connectivity index (χ2v) is 24.1. The summed E-state index contributed by atoms with van der Waals surface area (Å²) in [5.74, 6) is -2.92. The van der Waals surface area contributed by atoms with Crippen LogP contribution in [0.25, 0.3) is 0 Å². The number of aliphatic hydroxyl groups excluding tert-OH is 3. The molecule has 5 heterocycles. The third kappa shape index (κ3) is 14.1. The molecule has 0 saturated carbocycles. The van der Waals surface area contributed by atoms with E-state index >= 15 is 0 Å². The number of nitrogens with zero attached hydrogens (tertiary/aromatic N) is 6. The van der Waals surface area contributed by atoms with E-state index in [1.807, 2.05) is 37.7 Å². The van der Waals surface area contributed by atoms with Gasteiger partial charge in [-0.25, -0.2) is 23.0 Å². The molecule has 6 rings (SSSR count). The molecule has 0 spiro atoms. The van der Waals surface area contributed by atoms with E-state index in [-0.39, 0.29) is 43.2 Å². The first-order valence-corrected chi connectivity index (χ1v) is 27.7.